The molecule has 2 aliphatic heterocycles. The molecule has 0 spiro atoms. The molecular weight excluding hydrogens is 356 g/mol. The third-order valence-corrected chi connectivity index (χ3v) is 4.79. The Balaban J connectivity index is 1.99. The number of amides is 2. The average Bonchev–Trinajstić information content (AvgIpc) is 2.96. The standard InChI is InChI=1S/C18H23ClN4O3/c1-17(2,3)26-16(25)21-15-22-18(11-6-5-7-12(19)8-11)10-20-9-13(18)14(24)23(15)4/h5-8,13,20H,9-10H2,1-4H3,(H,21,22,25)/t13-,18+/m0/s1. The molecule has 140 valence electrons. The number of nitrogens with one attached hydrogen (secondary N) is 2. The molecule has 2 aliphatic rings. The molecule has 1 aromatic rings. The second-order valence-electron chi connectivity index (χ2n) is 7.60. The third-order valence-electron chi connectivity index (χ3n) is 4.56. The highest BCUT2D eigenvalue weighted by atomic mass is 35.5. The minimum Gasteiger partial charge on any atom is -0.442 e. The minimum absolute atomic E-state index is 0.115. The number of carbonyl (C=O) groups excluding carboxylic acids is 2. The van der Waals surface area contributed by atoms with E-state index < -0.39 is 17.2 Å². The monoisotopic (exact) mass is 378 g/mol. The molecule has 8 heteroatoms. The number of hydrogen-bond acceptors (Lipinski definition) is 4. The predicted molar refractivity (Wildman–Crippen MR) is 99.1 cm³/mol. The maximum absolute atomic E-state index is 12.9. The summed E-state index contributed by atoms with van der Waals surface area (Å²) in [4.78, 5) is 30.4. The van der Waals surface area contributed by atoms with Crippen molar-refractivity contribution >= 4 is 29.6 Å². The number of hydrogen-bond donors (Lipinski definition) is 2. The molecule has 0 aromatic heterocycles. The molecule has 0 aliphatic carbocycles. The van der Waals surface area contributed by atoms with Gasteiger partial charge in [0.25, 0.3) is 0 Å². The zero-order valence-electron chi connectivity index (χ0n) is 15.3. The van der Waals surface area contributed by atoms with Crippen molar-refractivity contribution in [2.24, 2.45) is 10.9 Å². The molecule has 0 radical (unpaired) electrons. The number of ether oxygens (including phenoxy) is 1. The largest absolute Gasteiger partial charge is 0.442 e. The number of guanidine groups is 1. The number of benzene rings is 1. The van der Waals surface area contributed by atoms with Crippen LogP contribution in [0.5, 0.6) is 0 Å². The van der Waals surface area contributed by atoms with Crippen LogP contribution in [0.2, 0.25) is 5.02 Å². The molecule has 7 nitrogen and oxygen atoms in total. The van der Waals surface area contributed by atoms with Crippen LogP contribution in [-0.4, -0.2) is 48.6 Å². The van der Waals surface area contributed by atoms with Gasteiger partial charge in [-0.15, -0.1) is 4.99 Å². The van der Waals surface area contributed by atoms with Crippen molar-refractivity contribution in [3.63, 3.8) is 0 Å². The van der Waals surface area contributed by atoms with Crippen molar-refractivity contribution in [1.82, 2.24) is 15.5 Å². The van der Waals surface area contributed by atoms with E-state index in [9.17, 15) is 9.59 Å². The lowest BCUT2D eigenvalue weighted by atomic mass is 9.78. The van der Waals surface area contributed by atoms with E-state index in [1.807, 2.05) is 18.2 Å². The van der Waals surface area contributed by atoms with Gasteiger partial charge in [-0.2, -0.15) is 0 Å². The number of aliphatic imine (C=N–C) groups is 1. The Hall–Kier alpha value is -2.12. The van der Waals surface area contributed by atoms with Crippen molar-refractivity contribution in [1.29, 1.82) is 0 Å². The first-order valence-electron chi connectivity index (χ1n) is 8.46. The maximum Gasteiger partial charge on any atom is 0.437 e. The van der Waals surface area contributed by atoms with Gasteiger partial charge < -0.3 is 15.4 Å². The first-order chi connectivity index (χ1) is 12.1. The second-order valence-corrected chi connectivity index (χ2v) is 8.04. The fourth-order valence-electron chi connectivity index (χ4n) is 3.38. The van der Waals surface area contributed by atoms with E-state index >= 15 is 0 Å². The van der Waals surface area contributed by atoms with Crippen LogP contribution in [0, 0.1) is 5.92 Å². The van der Waals surface area contributed by atoms with E-state index in [0.29, 0.717) is 18.1 Å². The summed E-state index contributed by atoms with van der Waals surface area (Å²) in [5.74, 6) is -0.274. The lowest BCUT2D eigenvalue weighted by molar-refractivity contribution is -0.133. The summed E-state index contributed by atoms with van der Waals surface area (Å²) in [7, 11) is 1.60. The SMILES string of the molecule is CN1C(=O)[C@@H]2CNC[C@]2(c2cccc(Cl)c2)N/C1=N/C(=O)OC(C)(C)C. The summed E-state index contributed by atoms with van der Waals surface area (Å²) < 4.78 is 5.25. The average molecular weight is 379 g/mol. The molecule has 0 unspecified atom stereocenters. The van der Waals surface area contributed by atoms with E-state index in [-0.39, 0.29) is 17.8 Å². The fraction of sp³-hybridized carbons (Fsp3) is 0.500. The summed E-state index contributed by atoms with van der Waals surface area (Å²) in [5, 5.41) is 7.15. The van der Waals surface area contributed by atoms with Gasteiger partial charge in [-0.1, -0.05) is 23.7 Å². The number of carbonyl (C=O) groups is 2. The molecule has 0 saturated carbocycles. The van der Waals surface area contributed by atoms with Crippen molar-refractivity contribution in [3.8, 4) is 0 Å². The van der Waals surface area contributed by atoms with E-state index in [2.05, 4.69) is 15.6 Å². The van der Waals surface area contributed by atoms with Crippen LogP contribution in [0.4, 0.5) is 4.79 Å². The molecule has 2 saturated heterocycles. The highest BCUT2D eigenvalue weighted by Crippen LogP contribution is 2.38. The molecular formula is C18H23ClN4O3. The quantitative estimate of drug-likeness (QED) is 0.782. The number of halogens is 1. The van der Waals surface area contributed by atoms with Crippen LogP contribution >= 0.6 is 11.6 Å². The topological polar surface area (TPSA) is 83.0 Å². The van der Waals surface area contributed by atoms with E-state index in [1.54, 1.807) is 33.9 Å². The predicted octanol–water partition coefficient (Wildman–Crippen LogP) is 2.11. The summed E-state index contributed by atoms with van der Waals surface area (Å²) in [6.45, 7) is 6.34. The molecule has 1 aromatic carbocycles. The molecule has 26 heavy (non-hydrogen) atoms. The van der Waals surface area contributed by atoms with Crippen LogP contribution in [-0.2, 0) is 15.1 Å². The summed E-state index contributed by atoms with van der Waals surface area (Å²) in [6.07, 6.45) is -0.745. The minimum atomic E-state index is -0.745. The van der Waals surface area contributed by atoms with Gasteiger partial charge in [-0.05, 0) is 38.5 Å². The van der Waals surface area contributed by atoms with Crippen molar-refractivity contribution in [3.05, 3.63) is 34.9 Å². The smallest absolute Gasteiger partial charge is 0.437 e. The number of rotatable bonds is 1. The zero-order valence-corrected chi connectivity index (χ0v) is 16.1. The van der Waals surface area contributed by atoms with Gasteiger partial charge in [0.05, 0.1) is 11.5 Å². The van der Waals surface area contributed by atoms with Gasteiger partial charge in [0.2, 0.25) is 11.9 Å². The molecule has 2 heterocycles. The van der Waals surface area contributed by atoms with Crippen LogP contribution in [0.1, 0.15) is 26.3 Å². The summed E-state index contributed by atoms with van der Waals surface area (Å²) >= 11 is 6.16. The second kappa shape index (κ2) is 6.55. The van der Waals surface area contributed by atoms with E-state index in [1.165, 1.54) is 4.90 Å². The normalized spacial score (nSPS) is 27.3. The van der Waals surface area contributed by atoms with Crippen LogP contribution in [0.25, 0.3) is 0 Å². The van der Waals surface area contributed by atoms with Crippen LogP contribution in [0.3, 0.4) is 0 Å². The Bertz CT molecular complexity index is 774. The molecule has 2 atom stereocenters. The first kappa shape index (κ1) is 18.7. The summed E-state index contributed by atoms with van der Waals surface area (Å²) in [5.41, 5.74) is -0.506. The van der Waals surface area contributed by atoms with Gasteiger partial charge in [-0.25, -0.2) is 4.79 Å². The molecule has 2 fully saturated rings. The number of nitrogens with zero attached hydrogens (tertiary/aromatic N) is 2. The lowest BCUT2D eigenvalue weighted by Gasteiger charge is -2.43. The molecule has 0 bridgehead atoms. The fourth-order valence-corrected chi connectivity index (χ4v) is 3.57. The van der Waals surface area contributed by atoms with Gasteiger partial charge >= 0.3 is 6.09 Å². The van der Waals surface area contributed by atoms with Crippen molar-refractivity contribution in [2.45, 2.75) is 31.9 Å². The van der Waals surface area contributed by atoms with Crippen molar-refractivity contribution in [2.75, 3.05) is 20.1 Å². The van der Waals surface area contributed by atoms with Gasteiger partial charge in [0.15, 0.2) is 0 Å². The Labute approximate surface area is 157 Å². The highest BCUT2D eigenvalue weighted by Gasteiger charge is 2.54. The number of fused-ring (bicyclic) bond motifs is 1. The lowest BCUT2D eigenvalue weighted by Crippen LogP contribution is -2.65. The third kappa shape index (κ3) is 3.41. The van der Waals surface area contributed by atoms with Crippen LogP contribution in [0.15, 0.2) is 29.3 Å². The highest BCUT2D eigenvalue weighted by molar-refractivity contribution is 6.30. The van der Waals surface area contributed by atoms with Crippen LogP contribution < -0.4 is 10.6 Å². The van der Waals surface area contributed by atoms with E-state index in [0.717, 1.165) is 5.56 Å². The molecule has 2 N–H and O–H groups in total. The maximum atomic E-state index is 12.9. The Morgan fingerprint density at radius 2 is 2.15 bits per heavy atom. The summed E-state index contributed by atoms with van der Waals surface area (Å²) in [6, 6.07) is 7.38. The zero-order chi connectivity index (χ0) is 19.1. The molecule has 2 amide bonds. The Morgan fingerprint density at radius 3 is 2.81 bits per heavy atom. The first-order valence-corrected chi connectivity index (χ1v) is 8.84. The Morgan fingerprint density at radius 1 is 1.42 bits per heavy atom. The van der Waals surface area contributed by atoms with Gasteiger partial charge in [-0.3, -0.25) is 9.69 Å². The van der Waals surface area contributed by atoms with Crippen molar-refractivity contribution < 1.29 is 14.3 Å². The van der Waals surface area contributed by atoms with Gasteiger partial charge in [0, 0.05) is 25.2 Å². The van der Waals surface area contributed by atoms with Gasteiger partial charge in [0.1, 0.15) is 5.60 Å². The van der Waals surface area contributed by atoms with E-state index in [4.69, 9.17) is 16.3 Å². The molecule has 3 rings (SSSR count). The Kier molecular flexibility index (Phi) is 4.71.